The van der Waals surface area contributed by atoms with Gasteiger partial charge >= 0.3 is 0 Å². The van der Waals surface area contributed by atoms with Gasteiger partial charge in [-0.3, -0.25) is 9.59 Å². The first-order valence-electron chi connectivity index (χ1n) is 14.5. The molecule has 0 amide bonds. The Morgan fingerprint density at radius 2 is 1.07 bits per heavy atom. The van der Waals surface area contributed by atoms with Gasteiger partial charge in [-0.05, 0) is 42.9 Å². The maximum absolute atomic E-state index is 14.5. The summed E-state index contributed by atoms with van der Waals surface area (Å²) in [6, 6.07) is 9.00. The second-order valence-corrected chi connectivity index (χ2v) is 11.2. The smallest absolute Gasteiger partial charge is 0.269 e. The molecule has 0 aliphatic carbocycles. The van der Waals surface area contributed by atoms with Crippen LogP contribution < -0.4 is 20.6 Å². The average molecular weight is 649 g/mol. The van der Waals surface area contributed by atoms with Crippen molar-refractivity contribution in [1.29, 1.82) is 0 Å². The lowest BCUT2D eigenvalue weighted by atomic mass is 9.95. The maximum Gasteiger partial charge on any atom is 0.269 e. The van der Waals surface area contributed by atoms with E-state index in [1.165, 1.54) is 35.5 Å². The molecule has 6 nitrogen and oxygen atoms in total. The van der Waals surface area contributed by atoms with Gasteiger partial charge in [0, 0.05) is 43.4 Å². The minimum absolute atomic E-state index is 0.0225. The molecular weight excluding hydrogens is 612 g/mol. The van der Waals surface area contributed by atoms with Crippen LogP contribution in [0.15, 0.2) is 52.1 Å². The highest BCUT2D eigenvalue weighted by molar-refractivity contribution is 6.30. The van der Waals surface area contributed by atoms with Crippen molar-refractivity contribution in [3.8, 4) is 34.0 Å². The number of halogens is 5. The van der Waals surface area contributed by atoms with Gasteiger partial charge in [0.15, 0.2) is 0 Å². The van der Waals surface area contributed by atoms with E-state index in [0.29, 0.717) is 17.8 Å². The Morgan fingerprint density at radius 1 is 0.667 bits per heavy atom. The zero-order valence-corrected chi connectivity index (χ0v) is 27.3. The van der Waals surface area contributed by atoms with Crippen molar-refractivity contribution in [3.05, 3.63) is 103 Å². The van der Waals surface area contributed by atoms with Crippen LogP contribution in [-0.2, 0) is 13.1 Å². The number of ether oxygens (including phenoxy) is 2. The molecule has 2 aromatic carbocycles. The summed E-state index contributed by atoms with van der Waals surface area (Å²) < 4.78 is 70.3. The molecule has 0 spiro atoms. The quantitative estimate of drug-likeness (QED) is 0.180. The summed E-state index contributed by atoms with van der Waals surface area (Å²) in [7, 11) is 2.68. The highest BCUT2D eigenvalue weighted by Crippen LogP contribution is 2.36. The number of rotatable bonds is 8. The van der Waals surface area contributed by atoms with Gasteiger partial charge in [-0.15, -0.1) is 0 Å². The lowest BCUT2D eigenvalue weighted by Gasteiger charge is -2.20. The molecule has 4 aromatic rings. The molecule has 0 N–H and O–H groups in total. The van der Waals surface area contributed by atoms with Crippen molar-refractivity contribution >= 4 is 11.6 Å². The SMILES string of the molecule is CCn1c(-c2c(F)cc(OC)cc2F)c(C(C)C)cc(Cl)c1=O.CCn1c(-c2c(F)cc(OC)cc2F)c(C(C)C)ccc1=O. The molecule has 4 rings (SSSR count). The molecule has 11 heteroatoms. The zero-order valence-electron chi connectivity index (χ0n) is 26.5. The molecule has 2 aromatic heterocycles. The molecule has 0 saturated heterocycles. The van der Waals surface area contributed by atoms with Gasteiger partial charge in [0.05, 0.1) is 36.7 Å². The molecule has 0 bridgehead atoms. The van der Waals surface area contributed by atoms with Gasteiger partial charge in [0.2, 0.25) is 0 Å². The Labute approximate surface area is 264 Å². The number of hydrogen-bond acceptors (Lipinski definition) is 4. The van der Waals surface area contributed by atoms with Gasteiger partial charge < -0.3 is 18.6 Å². The van der Waals surface area contributed by atoms with Crippen molar-refractivity contribution in [3.63, 3.8) is 0 Å². The van der Waals surface area contributed by atoms with E-state index in [9.17, 15) is 27.2 Å². The van der Waals surface area contributed by atoms with Crippen LogP contribution in [0.2, 0.25) is 5.02 Å². The predicted molar refractivity (Wildman–Crippen MR) is 170 cm³/mol. The normalized spacial score (nSPS) is 11.1. The highest BCUT2D eigenvalue weighted by Gasteiger charge is 2.24. The first kappa shape index (κ1) is 35.4. The van der Waals surface area contributed by atoms with E-state index in [0.717, 1.165) is 29.8 Å². The molecule has 0 aliphatic rings. The van der Waals surface area contributed by atoms with Gasteiger partial charge in [-0.2, -0.15) is 0 Å². The van der Waals surface area contributed by atoms with E-state index in [2.05, 4.69) is 0 Å². The molecule has 0 atom stereocenters. The van der Waals surface area contributed by atoms with Crippen molar-refractivity contribution in [2.24, 2.45) is 0 Å². The van der Waals surface area contributed by atoms with E-state index in [1.54, 1.807) is 19.9 Å². The van der Waals surface area contributed by atoms with Gasteiger partial charge in [-0.25, -0.2) is 17.6 Å². The average Bonchev–Trinajstić information content (AvgIpc) is 2.98. The fraction of sp³-hybridized carbons (Fsp3) is 0.353. The monoisotopic (exact) mass is 648 g/mol. The van der Waals surface area contributed by atoms with Crippen LogP contribution in [0, 0.1) is 23.3 Å². The molecule has 45 heavy (non-hydrogen) atoms. The van der Waals surface area contributed by atoms with Crippen molar-refractivity contribution < 1.29 is 27.0 Å². The first-order chi connectivity index (χ1) is 21.2. The van der Waals surface area contributed by atoms with Crippen molar-refractivity contribution in [2.75, 3.05) is 14.2 Å². The van der Waals surface area contributed by atoms with Crippen molar-refractivity contribution in [1.82, 2.24) is 9.13 Å². The summed E-state index contributed by atoms with van der Waals surface area (Å²) in [6.45, 7) is 11.7. The minimum Gasteiger partial charge on any atom is -0.497 e. The summed E-state index contributed by atoms with van der Waals surface area (Å²) in [4.78, 5) is 24.3. The van der Waals surface area contributed by atoms with Crippen LogP contribution in [0.1, 0.15) is 64.5 Å². The van der Waals surface area contributed by atoms with Crippen LogP contribution in [0.5, 0.6) is 11.5 Å². The summed E-state index contributed by atoms with van der Waals surface area (Å²) in [5.41, 5.74) is 0.662. The van der Waals surface area contributed by atoms with Gasteiger partial charge in [-0.1, -0.05) is 45.4 Å². The summed E-state index contributed by atoms with van der Waals surface area (Å²) in [5.74, 6) is -2.92. The third-order valence-corrected chi connectivity index (χ3v) is 7.61. The standard InChI is InChI=1S/C17H18ClF2NO2.C17H19F2NO2/c1-5-21-16(11(9(2)3)8-12(18)17(21)22)15-13(19)6-10(23-4)7-14(15)20;1-5-20-15(21)7-6-12(10(2)3)17(20)16-13(18)8-11(22-4)9-14(16)19/h6-9H,5H2,1-4H3;6-10H,5H2,1-4H3. The predicted octanol–water partition coefficient (Wildman–Crippen LogP) is 8.54. The maximum atomic E-state index is 14.5. The number of pyridine rings is 2. The second-order valence-electron chi connectivity index (χ2n) is 10.8. The molecule has 0 saturated carbocycles. The molecule has 0 radical (unpaired) electrons. The van der Waals surface area contributed by atoms with Gasteiger partial charge in [0.1, 0.15) is 39.8 Å². The number of benzene rings is 2. The molecule has 0 aliphatic heterocycles. The van der Waals surface area contributed by atoms with Crippen LogP contribution >= 0.6 is 11.6 Å². The van der Waals surface area contributed by atoms with Crippen LogP contribution in [0.4, 0.5) is 17.6 Å². The third-order valence-electron chi connectivity index (χ3n) is 7.34. The molecular formula is C34H37ClF4N2O4. The first-order valence-corrected chi connectivity index (χ1v) is 14.8. The largest absolute Gasteiger partial charge is 0.497 e. The van der Waals surface area contributed by atoms with Gasteiger partial charge in [0.25, 0.3) is 11.1 Å². The lowest BCUT2D eigenvalue weighted by molar-refractivity contribution is 0.407. The Bertz CT molecular complexity index is 1770. The second kappa shape index (κ2) is 14.8. The number of methoxy groups -OCH3 is 2. The number of hydrogen-bond donors (Lipinski definition) is 0. The Balaban J connectivity index is 0.000000246. The van der Waals surface area contributed by atoms with E-state index in [1.807, 2.05) is 27.7 Å². The lowest BCUT2D eigenvalue weighted by Crippen LogP contribution is -2.24. The molecule has 0 fully saturated rings. The highest BCUT2D eigenvalue weighted by atomic mass is 35.5. The molecule has 2 heterocycles. The Hall–Kier alpha value is -4.05. The summed E-state index contributed by atoms with van der Waals surface area (Å²) >= 11 is 5.99. The van der Waals surface area contributed by atoms with Crippen LogP contribution in [0.3, 0.4) is 0 Å². The number of nitrogens with zero attached hydrogens (tertiary/aromatic N) is 2. The molecule has 242 valence electrons. The molecule has 0 unspecified atom stereocenters. The van der Waals surface area contributed by atoms with E-state index in [-0.39, 0.29) is 57.3 Å². The minimum atomic E-state index is -0.785. The number of aromatic nitrogens is 2. The van der Waals surface area contributed by atoms with Crippen molar-refractivity contribution in [2.45, 2.75) is 66.5 Å². The van der Waals surface area contributed by atoms with Crippen LogP contribution in [-0.4, -0.2) is 23.4 Å². The summed E-state index contributed by atoms with van der Waals surface area (Å²) in [6.07, 6.45) is 0. The third kappa shape index (κ3) is 7.27. The summed E-state index contributed by atoms with van der Waals surface area (Å²) in [5, 5.41) is 0.0358. The topological polar surface area (TPSA) is 62.5 Å². The van der Waals surface area contributed by atoms with Crippen LogP contribution in [0.25, 0.3) is 22.5 Å². The van der Waals surface area contributed by atoms with E-state index < -0.39 is 28.8 Å². The zero-order chi connectivity index (χ0) is 33.7. The van der Waals surface area contributed by atoms with E-state index in [4.69, 9.17) is 21.1 Å². The Morgan fingerprint density at radius 3 is 1.42 bits per heavy atom. The van der Waals surface area contributed by atoms with E-state index >= 15 is 0 Å². The fourth-order valence-electron chi connectivity index (χ4n) is 5.12. The Kier molecular flexibility index (Phi) is 11.7. The fourth-order valence-corrected chi connectivity index (χ4v) is 5.34.